The molecule has 3 nitrogen and oxygen atoms in total. The first-order valence-electron chi connectivity index (χ1n) is 4.21. The molecule has 0 heterocycles. The maximum Gasteiger partial charge on any atom is 0.190 e. The molecule has 1 fully saturated rings. The summed E-state index contributed by atoms with van der Waals surface area (Å²) in [6, 6.07) is 0.498. The highest BCUT2D eigenvalue weighted by atomic mass is 15.2. The molecule has 0 radical (unpaired) electrons. The summed E-state index contributed by atoms with van der Waals surface area (Å²) in [6.45, 7) is 0. The van der Waals surface area contributed by atoms with Gasteiger partial charge in [-0.3, -0.25) is 0 Å². The molecule has 0 amide bonds. The van der Waals surface area contributed by atoms with Gasteiger partial charge in [0.15, 0.2) is 5.96 Å². The zero-order chi connectivity index (χ0) is 8.27. The van der Waals surface area contributed by atoms with Crippen molar-refractivity contribution in [3.63, 3.8) is 0 Å². The Labute approximate surface area is 68.3 Å². The van der Waals surface area contributed by atoms with Crippen LogP contribution in [0.25, 0.3) is 0 Å². The minimum absolute atomic E-state index is 0.498. The number of aliphatic imine (C=N–C) groups is 1. The normalized spacial score (nSPS) is 20.7. The van der Waals surface area contributed by atoms with Crippen molar-refractivity contribution in [3.8, 4) is 0 Å². The van der Waals surface area contributed by atoms with Crippen LogP contribution in [0.15, 0.2) is 4.99 Å². The van der Waals surface area contributed by atoms with Crippen LogP contribution in [0.3, 0.4) is 0 Å². The standard InChI is InChI=1S/C8H17N3/c1-11(2)8(9)10-7-5-3-4-6-7/h7H,3-6H2,1-2H3,(H2,9,10). The van der Waals surface area contributed by atoms with Gasteiger partial charge in [0, 0.05) is 14.1 Å². The lowest BCUT2D eigenvalue weighted by molar-refractivity contribution is 0.591. The molecule has 0 unspecified atom stereocenters. The molecule has 1 rings (SSSR count). The highest BCUT2D eigenvalue weighted by molar-refractivity contribution is 5.77. The predicted octanol–water partition coefficient (Wildman–Crippen LogP) is 0.805. The molecule has 0 saturated heterocycles. The van der Waals surface area contributed by atoms with Crippen LogP contribution in [0.2, 0.25) is 0 Å². The van der Waals surface area contributed by atoms with Gasteiger partial charge in [0.1, 0.15) is 0 Å². The summed E-state index contributed by atoms with van der Waals surface area (Å²) in [4.78, 5) is 6.26. The van der Waals surface area contributed by atoms with Gasteiger partial charge < -0.3 is 10.6 Å². The quantitative estimate of drug-likeness (QED) is 0.449. The number of hydrogen-bond donors (Lipinski definition) is 1. The maximum absolute atomic E-state index is 5.67. The lowest BCUT2D eigenvalue weighted by atomic mass is 10.3. The second-order valence-electron chi connectivity index (χ2n) is 3.32. The van der Waals surface area contributed by atoms with E-state index in [0.29, 0.717) is 12.0 Å². The Balaban J connectivity index is 2.42. The molecular weight excluding hydrogens is 138 g/mol. The van der Waals surface area contributed by atoms with E-state index < -0.39 is 0 Å². The van der Waals surface area contributed by atoms with Crippen molar-refractivity contribution in [1.29, 1.82) is 0 Å². The molecule has 3 heteroatoms. The van der Waals surface area contributed by atoms with E-state index in [1.807, 2.05) is 19.0 Å². The van der Waals surface area contributed by atoms with Gasteiger partial charge in [-0.25, -0.2) is 4.99 Å². The summed E-state index contributed by atoms with van der Waals surface area (Å²) < 4.78 is 0. The molecule has 0 aromatic rings. The van der Waals surface area contributed by atoms with E-state index in [1.54, 1.807) is 0 Å². The fourth-order valence-corrected chi connectivity index (χ4v) is 1.34. The zero-order valence-electron chi connectivity index (χ0n) is 7.38. The summed E-state index contributed by atoms with van der Waals surface area (Å²) in [5, 5.41) is 0. The maximum atomic E-state index is 5.67. The molecule has 1 saturated carbocycles. The molecule has 0 spiro atoms. The van der Waals surface area contributed by atoms with Crippen molar-refractivity contribution in [2.24, 2.45) is 10.7 Å². The van der Waals surface area contributed by atoms with Crippen LogP contribution in [0.5, 0.6) is 0 Å². The summed E-state index contributed by atoms with van der Waals surface area (Å²) in [6.07, 6.45) is 5.06. The van der Waals surface area contributed by atoms with Crippen molar-refractivity contribution >= 4 is 5.96 Å². The highest BCUT2D eigenvalue weighted by Crippen LogP contribution is 2.20. The molecule has 2 N–H and O–H groups in total. The van der Waals surface area contributed by atoms with Gasteiger partial charge >= 0.3 is 0 Å². The van der Waals surface area contributed by atoms with Gasteiger partial charge in [-0.2, -0.15) is 0 Å². The van der Waals surface area contributed by atoms with Crippen LogP contribution >= 0.6 is 0 Å². The molecular formula is C8H17N3. The third-order valence-corrected chi connectivity index (χ3v) is 2.10. The number of nitrogens with zero attached hydrogens (tertiary/aromatic N) is 2. The number of guanidine groups is 1. The molecule has 1 aliphatic rings. The van der Waals surface area contributed by atoms with Crippen molar-refractivity contribution in [1.82, 2.24) is 4.90 Å². The van der Waals surface area contributed by atoms with E-state index in [2.05, 4.69) is 4.99 Å². The van der Waals surface area contributed by atoms with Gasteiger partial charge in [-0.15, -0.1) is 0 Å². The van der Waals surface area contributed by atoms with Crippen molar-refractivity contribution in [2.45, 2.75) is 31.7 Å². The van der Waals surface area contributed by atoms with Crippen LogP contribution in [-0.4, -0.2) is 31.0 Å². The first kappa shape index (κ1) is 8.37. The Kier molecular flexibility index (Phi) is 2.74. The van der Waals surface area contributed by atoms with Crippen molar-refractivity contribution in [3.05, 3.63) is 0 Å². The van der Waals surface area contributed by atoms with Crippen LogP contribution in [0, 0.1) is 0 Å². The van der Waals surface area contributed by atoms with Crippen LogP contribution in [0.4, 0.5) is 0 Å². The molecule has 0 aromatic heterocycles. The average molecular weight is 155 g/mol. The lowest BCUT2D eigenvalue weighted by Crippen LogP contribution is -2.31. The van der Waals surface area contributed by atoms with Crippen molar-refractivity contribution < 1.29 is 0 Å². The second-order valence-corrected chi connectivity index (χ2v) is 3.32. The Hall–Kier alpha value is -0.730. The first-order valence-corrected chi connectivity index (χ1v) is 4.21. The summed E-state index contributed by atoms with van der Waals surface area (Å²) in [5.41, 5.74) is 5.67. The summed E-state index contributed by atoms with van der Waals surface area (Å²) in [7, 11) is 3.85. The smallest absolute Gasteiger partial charge is 0.190 e. The summed E-state index contributed by atoms with van der Waals surface area (Å²) in [5.74, 6) is 0.664. The largest absolute Gasteiger partial charge is 0.370 e. The third kappa shape index (κ3) is 2.41. The lowest BCUT2D eigenvalue weighted by Gasteiger charge is -2.12. The average Bonchev–Trinajstić information content (AvgIpc) is 2.39. The number of nitrogens with two attached hydrogens (primary N) is 1. The molecule has 0 atom stereocenters. The van der Waals surface area contributed by atoms with E-state index in [4.69, 9.17) is 5.73 Å². The second kappa shape index (κ2) is 3.60. The van der Waals surface area contributed by atoms with Crippen LogP contribution < -0.4 is 5.73 Å². The topological polar surface area (TPSA) is 41.6 Å². The van der Waals surface area contributed by atoms with E-state index in [-0.39, 0.29) is 0 Å². The van der Waals surface area contributed by atoms with Gasteiger partial charge in [0.2, 0.25) is 0 Å². The molecule has 0 aliphatic heterocycles. The summed E-state index contributed by atoms with van der Waals surface area (Å²) >= 11 is 0. The Morgan fingerprint density at radius 2 is 1.91 bits per heavy atom. The molecule has 0 aromatic carbocycles. The zero-order valence-corrected chi connectivity index (χ0v) is 7.38. The Bertz CT molecular complexity index is 145. The van der Waals surface area contributed by atoms with Crippen LogP contribution in [-0.2, 0) is 0 Å². The van der Waals surface area contributed by atoms with E-state index in [1.165, 1.54) is 25.7 Å². The molecule has 1 aliphatic carbocycles. The third-order valence-electron chi connectivity index (χ3n) is 2.10. The number of hydrogen-bond acceptors (Lipinski definition) is 1. The Morgan fingerprint density at radius 1 is 1.36 bits per heavy atom. The fraction of sp³-hybridized carbons (Fsp3) is 0.875. The number of rotatable bonds is 1. The predicted molar refractivity (Wildman–Crippen MR) is 47.6 cm³/mol. The van der Waals surface area contributed by atoms with E-state index in [9.17, 15) is 0 Å². The van der Waals surface area contributed by atoms with Crippen molar-refractivity contribution in [2.75, 3.05) is 14.1 Å². The van der Waals surface area contributed by atoms with Crippen LogP contribution in [0.1, 0.15) is 25.7 Å². The first-order chi connectivity index (χ1) is 5.20. The highest BCUT2D eigenvalue weighted by Gasteiger charge is 2.13. The van der Waals surface area contributed by atoms with Gasteiger partial charge in [-0.1, -0.05) is 12.8 Å². The van der Waals surface area contributed by atoms with Gasteiger partial charge in [0.25, 0.3) is 0 Å². The van der Waals surface area contributed by atoms with Gasteiger partial charge in [-0.05, 0) is 12.8 Å². The van der Waals surface area contributed by atoms with E-state index in [0.717, 1.165) is 0 Å². The minimum Gasteiger partial charge on any atom is -0.370 e. The van der Waals surface area contributed by atoms with Gasteiger partial charge in [0.05, 0.1) is 6.04 Å². The molecule has 11 heavy (non-hydrogen) atoms. The minimum atomic E-state index is 0.498. The Morgan fingerprint density at radius 3 is 2.36 bits per heavy atom. The molecule has 0 bridgehead atoms. The monoisotopic (exact) mass is 155 g/mol. The SMILES string of the molecule is CN(C)C(N)=NC1CCCC1. The molecule has 64 valence electrons. The fourth-order valence-electron chi connectivity index (χ4n) is 1.34. The van der Waals surface area contributed by atoms with E-state index >= 15 is 0 Å².